The van der Waals surface area contributed by atoms with E-state index in [1.807, 2.05) is 91.3 Å². The molecule has 0 fully saturated rings. The minimum atomic E-state index is -2.45. The Balaban J connectivity index is 0.000000223. The number of para-hydroxylation sites is 1. The smallest absolute Gasteiger partial charge is 0.0602 e. The molecule has 0 aliphatic rings. The summed E-state index contributed by atoms with van der Waals surface area (Å²) in [5, 5.41) is 0. The van der Waals surface area contributed by atoms with Gasteiger partial charge in [0.2, 0.25) is 0 Å². The molecule has 0 amide bonds. The first-order chi connectivity index (χ1) is 24.4. The minimum absolute atomic E-state index is 0. The number of rotatable bonds is 5. The van der Waals surface area contributed by atoms with Crippen LogP contribution in [0.15, 0.2) is 140 Å². The van der Waals surface area contributed by atoms with Crippen molar-refractivity contribution in [3.8, 4) is 50.6 Å². The number of benzene rings is 5. The van der Waals surface area contributed by atoms with Crippen LogP contribution in [0.3, 0.4) is 0 Å². The van der Waals surface area contributed by atoms with Crippen molar-refractivity contribution < 1.29 is 28.3 Å². The van der Waals surface area contributed by atoms with Gasteiger partial charge >= 0.3 is 0 Å². The molecule has 0 aliphatic heterocycles. The maximum atomic E-state index is 8.14. The minimum Gasteiger partial charge on any atom is -0.340 e. The molecular weight excluding hydrogens is 739 g/mol. The first-order valence-electron chi connectivity index (χ1n) is 17.7. The predicted molar refractivity (Wildman–Crippen MR) is 186 cm³/mol. The molecule has 1 radical (unpaired) electrons. The van der Waals surface area contributed by atoms with Crippen LogP contribution in [0.1, 0.15) is 30.5 Å². The van der Waals surface area contributed by atoms with Crippen LogP contribution >= 0.6 is 0 Å². The number of pyridine rings is 1. The molecule has 0 atom stereocenters. The van der Waals surface area contributed by atoms with Gasteiger partial charge in [-0.15, -0.1) is 71.8 Å². The van der Waals surface area contributed by atoms with Gasteiger partial charge in [-0.3, -0.25) is 4.98 Å². The summed E-state index contributed by atoms with van der Waals surface area (Å²) in [6, 6.07) is 44.1. The first-order valence-corrected chi connectivity index (χ1v) is 14.7. The molecule has 2 heterocycles. The number of hydrogen-bond acceptors (Lipinski definition) is 2. The van der Waals surface area contributed by atoms with Crippen molar-refractivity contribution in [3.05, 3.63) is 174 Å². The van der Waals surface area contributed by atoms with Gasteiger partial charge in [0.15, 0.2) is 0 Å². The molecule has 7 rings (SSSR count). The van der Waals surface area contributed by atoms with Crippen LogP contribution in [0, 0.1) is 39.7 Å². The van der Waals surface area contributed by atoms with E-state index in [0.29, 0.717) is 22.4 Å². The molecule has 0 bridgehead atoms. The fourth-order valence-electron chi connectivity index (χ4n) is 5.37. The third kappa shape index (κ3) is 7.15. The van der Waals surface area contributed by atoms with E-state index in [2.05, 4.69) is 58.7 Å². The molecule has 4 heteroatoms. The Morgan fingerprint density at radius 2 is 1.30 bits per heavy atom. The molecular formula is C42H35IrN3-2. The molecule has 2 aromatic heterocycles. The summed E-state index contributed by atoms with van der Waals surface area (Å²) in [5.41, 5.74) is 8.35. The van der Waals surface area contributed by atoms with E-state index in [4.69, 9.17) is 8.22 Å². The van der Waals surface area contributed by atoms with Crippen LogP contribution in [0.2, 0.25) is 0 Å². The summed E-state index contributed by atoms with van der Waals surface area (Å²) in [5.74, 6) is 0.929. The van der Waals surface area contributed by atoms with E-state index in [-0.39, 0.29) is 31.2 Å². The maximum absolute atomic E-state index is 8.14. The summed E-state index contributed by atoms with van der Waals surface area (Å²) in [4.78, 5) is 8.80. The van der Waals surface area contributed by atoms with Crippen molar-refractivity contribution in [1.82, 2.24) is 14.5 Å². The van der Waals surface area contributed by atoms with E-state index >= 15 is 0 Å². The van der Waals surface area contributed by atoms with Gasteiger partial charge in [-0.2, -0.15) is 0 Å². The Labute approximate surface area is 294 Å². The van der Waals surface area contributed by atoms with Crippen LogP contribution in [-0.4, -0.2) is 14.5 Å². The topological polar surface area (TPSA) is 30.7 Å². The normalized spacial score (nSPS) is 12.9. The number of aryl methyl sites for hydroxylation is 4. The van der Waals surface area contributed by atoms with Gasteiger partial charge in [0, 0.05) is 52.6 Å². The Morgan fingerprint density at radius 3 is 1.98 bits per heavy atom. The second kappa shape index (κ2) is 14.9. The average molecular weight is 780 g/mol. The van der Waals surface area contributed by atoms with Crippen LogP contribution in [-0.2, 0) is 20.1 Å². The zero-order valence-corrected chi connectivity index (χ0v) is 27.8. The number of hydrogen-bond donors (Lipinski definition) is 0. The van der Waals surface area contributed by atoms with Crippen molar-refractivity contribution in [2.75, 3.05) is 0 Å². The fourth-order valence-corrected chi connectivity index (χ4v) is 5.37. The molecule has 0 saturated heterocycles. The summed E-state index contributed by atoms with van der Waals surface area (Å²) < 4.78 is 50.5. The summed E-state index contributed by atoms with van der Waals surface area (Å²) in [6.07, 6.45) is 5.15. The molecule has 7 aromatic rings. The summed E-state index contributed by atoms with van der Waals surface area (Å²) in [6.45, 7) is -0.637. The maximum Gasteiger partial charge on any atom is 0.0602 e. The first kappa shape index (κ1) is 25.3. The average Bonchev–Trinajstić information content (AvgIpc) is 3.61. The molecule has 0 saturated carbocycles. The van der Waals surface area contributed by atoms with Crippen molar-refractivity contribution in [2.45, 2.75) is 27.6 Å². The number of aromatic nitrogens is 3. The standard InChI is InChI=1S/C25H20N.C17H15N2.Ir/c1-18-15-22(20-9-5-3-6-10-20)13-14-23(18)24-16-25(26-17-19(24)2)21-11-7-4-8-12-21;1-13-7-6-8-14(2)16(13)19-12-11-18-17(19)15-9-4-3-5-10-15;/h3-11,13-17H,1-2H3;3-9,11-12H,1-2H3;/q2*-1;/i1D3,2D3;;. The zero-order chi connectivity index (χ0) is 36.2. The molecule has 3 nitrogen and oxygen atoms in total. The Bertz CT molecular complexity index is 2230. The quantitative estimate of drug-likeness (QED) is 0.163. The van der Waals surface area contributed by atoms with E-state index in [0.717, 1.165) is 22.5 Å². The molecule has 0 spiro atoms. The third-order valence-electron chi connectivity index (χ3n) is 7.58. The summed E-state index contributed by atoms with van der Waals surface area (Å²) in [7, 11) is 0. The fraction of sp³-hybridized carbons (Fsp3) is 0.0952. The number of imidazole rings is 1. The monoisotopic (exact) mass is 780 g/mol. The summed E-state index contributed by atoms with van der Waals surface area (Å²) >= 11 is 0. The third-order valence-corrected chi connectivity index (χ3v) is 7.58. The second-order valence-corrected chi connectivity index (χ2v) is 10.7. The van der Waals surface area contributed by atoms with Gasteiger partial charge in [-0.05, 0) is 77.8 Å². The van der Waals surface area contributed by atoms with E-state index < -0.39 is 13.7 Å². The van der Waals surface area contributed by atoms with Crippen LogP contribution < -0.4 is 0 Å². The van der Waals surface area contributed by atoms with Crippen molar-refractivity contribution in [2.24, 2.45) is 0 Å². The molecule has 46 heavy (non-hydrogen) atoms. The van der Waals surface area contributed by atoms with E-state index in [1.165, 1.54) is 23.0 Å². The van der Waals surface area contributed by atoms with Crippen LogP contribution in [0.5, 0.6) is 0 Å². The van der Waals surface area contributed by atoms with Crippen molar-refractivity contribution in [3.63, 3.8) is 0 Å². The van der Waals surface area contributed by atoms with Crippen LogP contribution in [0.25, 0.3) is 50.6 Å². The Hall–Kier alpha value is -4.89. The SMILES string of the molecule is Cc1cccc(C)c1-n1ccnc1-c1[c-]cccc1.[2H]C([2H])([2H])c1cnc(-c2[c-]cccc2)cc1-c1ccc(-c2ccccc2)cc1C([2H])([2H])[2H].[Ir]. The molecule has 229 valence electrons. The van der Waals surface area contributed by atoms with E-state index in [1.54, 1.807) is 24.3 Å². The molecule has 0 N–H and O–H groups in total. The Kier molecular flexibility index (Phi) is 8.22. The van der Waals surface area contributed by atoms with Crippen molar-refractivity contribution >= 4 is 0 Å². The largest absolute Gasteiger partial charge is 0.340 e. The van der Waals surface area contributed by atoms with Gasteiger partial charge in [0.05, 0.1) is 5.82 Å². The van der Waals surface area contributed by atoms with Gasteiger partial charge in [0.1, 0.15) is 0 Å². The van der Waals surface area contributed by atoms with Crippen LogP contribution in [0.4, 0.5) is 0 Å². The van der Waals surface area contributed by atoms with Crippen molar-refractivity contribution in [1.29, 1.82) is 0 Å². The predicted octanol–water partition coefficient (Wildman–Crippen LogP) is 10.5. The Morgan fingerprint density at radius 1 is 0.609 bits per heavy atom. The molecule has 0 unspecified atom stereocenters. The van der Waals surface area contributed by atoms with E-state index in [9.17, 15) is 0 Å². The molecule has 5 aromatic carbocycles. The molecule has 0 aliphatic carbocycles. The van der Waals surface area contributed by atoms with Gasteiger partial charge < -0.3 is 9.55 Å². The van der Waals surface area contributed by atoms with Gasteiger partial charge in [-0.25, -0.2) is 0 Å². The van der Waals surface area contributed by atoms with Gasteiger partial charge in [0.25, 0.3) is 0 Å². The van der Waals surface area contributed by atoms with Gasteiger partial charge in [-0.1, -0.05) is 72.8 Å². The second-order valence-electron chi connectivity index (χ2n) is 10.7. The zero-order valence-electron chi connectivity index (χ0n) is 31.5. The number of nitrogens with zero attached hydrogens (tertiary/aromatic N) is 3.